The molecule has 26 heavy (non-hydrogen) atoms. The SMILES string of the molecule is CNC(=O)c1cc(-c2ccc(C(F)(F)F)cc2)n(-c2ccc(Cl)cc2)n1. The molecule has 3 rings (SSSR count). The summed E-state index contributed by atoms with van der Waals surface area (Å²) in [5.41, 5.74) is 1.01. The lowest BCUT2D eigenvalue weighted by Gasteiger charge is -2.10. The van der Waals surface area contributed by atoms with Crippen molar-refractivity contribution in [1.29, 1.82) is 0 Å². The first-order valence-corrected chi connectivity index (χ1v) is 7.93. The van der Waals surface area contributed by atoms with E-state index in [1.165, 1.54) is 29.9 Å². The summed E-state index contributed by atoms with van der Waals surface area (Å²) in [6, 6.07) is 12.9. The van der Waals surface area contributed by atoms with E-state index in [9.17, 15) is 18.0 Å². The maximum absolute atomic E-state index is 12.8. The van der Waals surface area contributed by atoms with Gasteiger partial charge in [0.1, 0.15) is 0 Å². The molecule has 0 atom stereocenters. The second-order valence-corrected chi connectivity index (χ2v) is 5.89. The van der Waals surface area contributed by atoms with Gasteiger partial charge in [-0.05, 0) is 42.5 Å². The van der Waals surface area contributed by atoms with Crippen molar-refractivity contribution in [1.82, 2.24) is 15.1 Å². The molecule has 0 bridgehead atoms. The zero-order valence-electron chi connectivity index (χ0n) is 13.5. The van der Waals surface area contributed by atoms with E-state index in [1.54, 1.807) is 24.3 Å². The van der Waals surface area contributed by atoms with Crippen LogP contribution >= 0.6 is 11.6 Å². The molecule has 2 aromatic carbocycles. The summed E-state index contributed by atoms with van der Waals surface area (Å²) in [4.78, 5) is 11.9. The summed E-state index contributed by atoms with van der Waals surface area (Å²) in [5, 5.41) is 7.28. The van der Waals surface area contributed by atoms with Crippen LogP contribution in [0.25, 0.3) is 16.9 Å². The molecule has 0 saturated carbocycles. The zero-order chi connectivity index (χ0) is 18.9. The Labute approximate surface area is 152 Å². The fourth-order valence-electron chi connectivity index (χ4n) is 2.43. The first-order chi connectivity index (χ1) is 12.3. The average molecular weight is 380 g/mol. The van der Waals surface area contributed by atoms with Gasteiger partial charge in [-0.25, -0.2) is 4.68 Å². The molecule has 3 aromatic rings. The fourth-order valence-corrected chi connectivity index (χ4v) is 2.56. The first-order valence-electron chi connectivity index (χ1n) is 7.55. The predicted octanol–water partition coefficient (Wildman–Crippen LogP) is 4.57. The zero-order valence-corrected chi connectivity index (χ0v) is 14.3. The van der Waals surface area contributed by atoms with Crippen molar-refractivity contribution >= 4 is 17.5 Å². The average Bonchev–Trinajstić information content (AvgIpc) is 3.06. The minimum absolute atomic E-state index is 0.150. The summed E-state index contributed by atoms with van der Waals surface area (Å²) in [6.45, 7) is 0. The van der Waals surface area contributed by atoms with Gasteiger partial charge in [-0.15, -0.1) is 0 Å². The third-order valence-electron chi connectivity index (χ3n) is 3.75. The highest BCUT2D eigenvalue weighted by molar-refractivity contribution is 6.30. The second kappa shape index (κ2) is 6.84. The molecule has 1 heterocycles. The van der Waals surface area contributed by atoms with Crippen molar-refractivity contribution in [3.63, 3.8) is 0 Å². The number of amides is 1. The van der Waals surface area contributed by atoms with Crippen molar-refractivity contribution < 1.29 is 18.0 Å². The molecule has 1 aromatic heterocycles. The summed E-state index contributed by atoms with van der Waals surface area (Å²) >= 11 is 5.89. The van der Waals surface area contributed by atoms with E-state index in [0.717, 1.165) is 12.1 Å². The molecule has 134 valence electrons. The lowest BCUT2D eigenvalue weighted by Crippen LogP contribution is -2.18. The Kier molecular flexibility index (Phi) is 4.73. The van der Waals surface area contributed by atoms with Gasteiger partial charge < -0.3 is 5.32 Å². The van der Waals surface area contributed by atoms with Crippen molar-refractivity contribution in [3.05, 3.63) is 70.9 Å². The van der Waals surface area contributed by atoms with E-state index in [4.69, 9.17) is 11.6 Å². The van der Waals surface area contributed by atoms with E-state index >= 15 is 0 Å². The van der Waals surface area contributed by atoms with Gasteiger partial charge in [-0.2, -0.15) is 18.3 Å². The highest BCUT2D eigenvalue weighted by Crippen LogP contribution is 2.32. The molecule has 8 heteroatoms. The molecular weight excluding hydrogens is 367 g/mol. The Hall–Kier alpha value is -2.80. The number of carbonyl (C=O) groups is 1. The molecule has 0 unspecified atom stereocenters. The predicted molar refractivity (Wildman–Crippen MR) is 92.4 cm³/mol. The molecule has 0 radical (unpaired) electrons. The van der Waals surface area contributed by atoms with Crippen molar-refractivity contribution in [3.8, 4) is 16.9 Å². The normalized spacial score (nSPS) is 11.4. The molecule has 0 saturated heterocycles. The Bertz CT molecular complexity index is 932. The maximum atomic E-state index is 12.8. The van der Waals surface area contributed by atoms with E-state index in [2.05, 4.69) is 10.4 Å². The number of aromatic nitrogens is 2. The number of benzene rings is 2. The molecule has 0 spiro atoms. The molecule has 4 nitrogen and oxygen atoms in total. The number of nitrogens with zero attached hydrogens (tertiary/aromatic N) is 2. The van der Waals surface area contributed by atoms with E-state index < -0.39 is 17.6 Å². The van der Waals surface area contributed by atoms with Crippen LogP contribution in [0.4, 0.5) is 13.2 Å². The van der Waals surface area contributed by atoms with Gasteiger partial charge in [-0.1, -0.05) is 23.7 Å². The quantitative estimate of drug-likeness (QED) is 0.724. The number of carbonyl (C=O) groups excluding carboxylic acids is 1. The molecule has 0 fully saturated rings. The van der Waals surface area contributed by atoms with Crippen LogP contribution in [-0.4, -0.2) is 22.7 Å². The van der Waals surface area contributed by atoms with Gasteiger partial charge in [0.2, 0.25) is 0 Å². The van der Waals surface area contributed by atoms with Crippen LogP contribution < -0.4 is 5.32 Å². The van der Waals surface area contributed by atoms with Crippen molar-refractivity contribution in [2.75, 3.05) is 7.05 Å². The third-order valence-corrected chi connectivity index (χ3v) is 4.00. The van der Waals surface area contributed by atoms with Gasteiger partial charge in [-0.3, -0.25) is 4.79 Å². The van der Waals surface area contributed by atoms with Crippen LogP contribution in [0.1, 0.15) is 16.1 Å². The highest BCUT2D eigenvalue weighted by atomic mass is 35.5. The Balaban J connectivity index is 2.11. The summed E-state index contributed by atoms with van der Waals surface area (Å²) in [6.07, 6.45) is -4.41. The minimum atomic E-state index is -4.41. The third kappa shape index (κ3) is 3.57. The van der Waals surface area contributed by atoms with Gasteiger partial charge in [0.15, 0.2) is 5.69 Å². The van der Waals surface area contributed by atoms with E-state index in [0.29, 0.717) is 22.0 Å². The van der Waals surface area contributed by atoms with Crippen LogP contribution in [0.3, 0.4) is 0 Å². The minimum Gasteiger partial charge on any atom is -0.354 e. The maximum Gasteiger partial charge on any atom is 0.416 e. The van der Waals surface area contributed by atoms with Crippen molar-refractivity contribution in [2.45, 2.75) is 6.18 Å². The number of alkyl halides is 3. The first kappa shape index (κ1) is 18.0. The standard InChI is InChI=1S/C18H13ClF3N3O/c1-23-17(26)15-10-16(11-2-4-12(5-3-11)18(20,21)22)25(24-15)14-8-6-13(19)7-9-14/h2-10H,1H3,(H,23,26). The van der Waals surface area contributed by atoms with E-state index in [1.807, 2.05) is 0 Å². The van der Waals surface area contributed by atoms with Crippen LogP contribution in [0.15, 0.2) is 54.6 Å². The van der Waals surface area contributed by atoms with Gasteiger partial charge >= 0.3 is 6.18 Å². The Morgan fingerprint density at radius 2 is 1.69 bits per heavy atom. The van der Waals surface area contributed by atoms with Crippen LogP contribution in [0.2, 0.25) is 5.02 Å². The number of hydrogen-bond donors (Lipinski definition) is 1. The molecular formula is C18H13ClF3N3O. The lowest BCUT2D eigenvalue weighted by atomic mass is 10.1. The van der Waals surface area contributed by atoms with Crippen LogP contribution in [-0.2, 0) is 6.18 Å². The summed E-state index contributed by atoms with van der Waals surface area (Å²) in [5.74, 6) is -0.397. The van der Waals surface area contributed by atoms with Gasteiger partial charge in [0, 0.05) is 17.6 Å². The largest absolute Gasteiger partial charge is 0.416 e. The van der Waals surface area contributed by atoms with Crippen molar-refractivity contribution in [2.24, 2.45) is 0 Å². The number of halogens is 4. The Morgan fingerprint density at radius 1 is 1.08 bits per heavy atom. The van der Waals surface area contributed by atoms with Crippen LogP contribution in [0.5, 0.6) is 0 Å². The Morgan fingerprint density at radius 3 is 2.23 bits per heavy atom. The second-order valence-electron chi connectivity index (χ2n) is 5.46. The monoisotopic (exact) mass is 379 g/mol. The molecule has 0 aliphatic carbocycles. The molecule has 1 N–H and O–H groups in total. The lowest BCUT2D eigenvalue weighted by molar-refractivity contribution is -0.137. The smallest absolute Gasteiger partial charge is 0.354 e. The fraction of sp³-hybridized carbons (Fsp3) is 0.111. The summed E-state index contributed by atoms with van der Waals surface area (Å²) in [7, 11) is 1.47. The highest BCUT2D eigenvalue weighted by Gasteiger charge is 2.30. The number of rotatable bonds is 3. The summed E-state index contributed by atoms with van der Waals surface area (Å²) < 4.78 is 39.8. The van der Waals surface area contributed by atoms with E-state index in [-0.39, 0.29) is 5.69 Å². The topological polar surface area (TPSA) is 46.9 Å². The molecule has 0 aliphatic rings. The van der Waals surface area contributed by atoms with Gasteiger partial charge in [0.25, 0.3) is 5.91 Å². The van der Waals surface area contributed by atoms with Crippen LogP contribution in [0, 0.1) is 0 Å². The number of hydrogen-bond acceptors (Lipinski definition) is 2. The molecule has 0 aliphatic heterocycles. The van der Waals surface area contributed by atoms with Gasteiger partial charge in [0.05, 0.1) is 16.9 Å². The molecule has 1 amide bonds. The number of nitrogens with one attached hydrogen (secondary N) is 1.